The van der Waals surface area contributed by atoms with Gasteiger partial charge >= 0.3 is 0 Å². The van der Waals surface area contributed by atoms with Gasteiger partial charge in [-0.1, -0.05) is 19.9 Å². The Hall–Kier alpha value is -2.28. The van der Waals surface area contributed by atoms with Crippen LogP contribution in [0, 0.1) is 11.7 Å². The summed E-state index contributed by atoms with van der Waals surface area (Å²) in [7, 11) is -3.82. The van der Waals surface area contributed by atoms with Gasteiger partial charge in [-0.15, -0.1) is 0 Å². The van der Waals surface area contributed by atoms with Crippen LogP contribution in [0.2, 0.25) is 0 Å². The Kier molecular flexibility index (Phi) is 6.25. The normalized spacial score (nSPS) is 12.8. The number of benzene rings is 1. The van der Waals surface area contributed by atoms with E-state index in [0.717, 1.165) is 12.1 Å². The molecule has 5 nitrogen and oxygen atoms in total. The summed E-state index contributed by atoms with van der Waals surface area (Å²) in [5.74, 6) is -0.550. The van der Waals surface area contributed by atoms with Crippen molar-refractivity contribution in [3.63, 3.8) is 0 Å². The van der Waals surface area contributed by atoms with Crippen molar-refractivity contribution in [1.82, 2.24) is 10.3 Å². The van der Waals surface area contributed by atoms with Crippen LogP contribution in [-0.4, -0.2) is 25.9 Å². The van der Waals surface area contributed by atoms with E-state index in [4.69, 9.17) is 0 Å². The first kappa shape index (κ1) is 19.1. The molecule has 2 aromatic rings. The van der Waals surface area contributed by atoms with Gasteiger partial charge in [0.1, 0.15) is 11.1 Å². The standard InChI is InChI=1S/C18H21FN2O3S/c1-13(2)10-18(22)21-12-17(14-4-3-9-20-11-14)25(23,24)16-7-5-15(19)6-8-16/h3-9,11,13,17H,10,12H2,1-2H3,(H,21,22)/t17-/m1/s1. The molecule has 0 bridgehead atoms. The zero-order valence-electron chi connectivity index (χ0n) is 14.1. The van der Waals surface area contributed by atoms with Crippen molar-refractivity contribution in [1.29, 1.82) is 0 Å². The van der Waals surface area contributed by atoms with Crippen LogP contribution >= 0.6 is 0 Å². The van der Waals surface area contributed by atoms with E-state index in [1.807, 2.05) is 13.8 Å². The third-order valence-electron chi connectivity index (χ3n) is 3.65. The molecule has 1 N–H and O–H groups in total. The Morgan fingerprint density at radius 3 is 2.44 bits per heavy atom. The van der Waals surface area contributed by atoms with Gasteiger partial charge in [-0.05, 0) is 41.8 Å². The summed E-state index contributed by atoms with van der Waals surface area (Å²) in [4.78, 5) is 15.9. The zero-order valence-corrected chi connectivity index (χ0v) is 15.0. The first-order chi connectivity index (χ1) is 11.8. The number of hydrogen-bond acceptors (Lipinski definition) is 4. The maximum Gasteiger partial charge on any atom is 0.220 e. The lowest BCUT2D eigenvalue weighted by atomic mass is 10.1. The smallest absolute Gasteiger partial charge is 0.220 e. The number of pyridine rings is 1. The minimum atomic E-state index is -3.82. The summed E-state index contributed by atoms with van der Waals surface area (Å²) < 4.78 is 39.1. The predicted octanol–water partition coefficient (Wildman–Crippen LogP) is 2.90. The van der Waals surface area contributed by atoms with Crippen LogP contribution in [0.1, 0.15) is 31.1 Å². The Balaban J connectivity index is 2.31. The molecule has 1 atom stereocenters. The number of nitrogens with one attached hydrogen (secondary N) is 1. The van der Waals surface area contributed by atoms with E-state index < -0.39 is 20.9 Å². The number of amides is 1. The largest absolute Gasteiger partial charge is 0.354 e. The first-order valence-corrected chi connectivity index (χ1v) is 9.51. The van der Waals surface area contributed by atoms with Crippen LogP contribution < -0.4 is 5.32 Å². The molecule has 0 aliphatic rings. The molecular formula is C18H21FN2O3S. The summed E-state index contributed by atoms with van der Waals surface area (Å²) in [6.07, 6.45) is 3.32. The number of hydrogen-bond donors (Lipinski definition) is 1. The van der Waals surface area contributed by atoms with Crippen molar-refractivity contribution in [2.24, 2.45) is 5.92 Å². The minimum absolute atomic E-state index is 0.000798. The van der Waals surface area contributed by atoms with Crippen LogP contribution in [-0.2, 0) is 14.6 Å². The topological polar surface area (TPSA) is 76.1 Å². The van der Waals surface area contributed by atoms with Crippen LogP contribution in [0.15, 0.2) is 53.7 Å². The molecule has 0 saturated carbocycles. The molecule has 0 saturated heterocycles. The second-order valence-corrected chi connectivity index (χ2v) is 8.31. The Labute approximate surface area is 147 Å². The monoisotopic (exact) mass is 364 g/mol. The van der Waals surface area contributed by atoms with Gasteiger partial charge in [0.05, 0.1) is 4.90 Å². The number of rotatable bonds is 7. The van der Waals surface area contributed by atoms with Crippen molar-refractivity contribution in [2.45, 2.75) is 30.4 Å². The third-order valence-corrected chi connectivity index (χ3v) is 5.77. The molecule has 1 aromatic carbocycles. The lowest BCUT2D eigenvalue weighted by molar-refractivity contribution is -0.121. The molecule has 0 radical (unpaired) electrons. The van der Waals surface area contributed by atoms with Crippen LogP contribution in [0.3, 0.4) is 0 Å². The van der Waals surface area contributed by atoms with E-state index in [1.54, 1.807) is 18.3 Å². The van der Waals surface area contributed by atoms with Gasteiger partial charge in [0.25, 0.3) is 0 Å². The van der Waals surface area contributed by atoms with Gasteiger partial charge < -0.3 is 5.32 Å². The van der Waals surface area contributed by atoms with Gasteiger partial charge in [-0.3, -0.25) is 9.78 Å². The fourth-order valence-electron chi connectivity index (χ4n) is 2.41. The molecule has 1 aromatic heterocycles. The number of sulfone groups is 1. The molecule has 0 aliphatic heterocycles. The number of carbonyl (C=O) groups is 1. The SMILES string of the molecule is CC(C)CC(=O)NC[C@H](c1cccnc1)S(=O)(=O)c1ccc(F)cc1. The average molecular weight is 364 g/mol. The molecule has 2 rings (SSSR count). The van der Waals surface area contributed by atoms with Crippen molar-refractivity contribution in [2.75, 3.05) is 6.54 Å². The summed E-state index contributed by atoms with van der Waals surface area (Å²) in [6.45, 7) is 3.75. The first-order valence-electron chi connectivity index (χ1n) is 7.97. The Bertz CT molecular complexity index is 806. The van der Waals surface area contributed by atoms with Crippen LogP contribution in [0.25, 0.3) is 0 Å². The van der Waals surface area contributed by atoms with Gasteiger partial charge in [0, 0.05) is 25.4 Å². The summed E-state index contributed by atoms with van der Waals surface area (Å²) >= 11 is 0. The second kappa shape index (κ2) is 8.20. The Morgan fingerprint density at radius 2 is 1.88 bits per heavy atom. The van der Waals surface area contributed by atoms with Gasteiger partial charge in [0.2, 0.25) is 5.91 Å². The molecule has 25 heavy (non-hydrogen) atoms. The van der Waals surface area contributed by atoms with Gasteiger partial charge in [0.15, 0.2) is 9.84 Å². The van der Waals surface area contributed by atoms with E-state index in [-0.39, 0.29) is 23.3 Å². The molecule has 1 amide bonds. The van der Waals surface area contributed by atoms with E-state index in [9.17, 15) is 17.6 Å². The van der Waals surface area contributed by atoms with Crippen molar-refractivity contribution < 1.29 is 17.6 Å². The lowest BCUT2D eigenvalue weighted by Crippen LogP contribution is -2.32. The Morgan fingerprint density at radius 1 is 1.20 bits per heavy atom. The summed E-state index contributed by atoms with van der Waals surface area (Å²) in [5.41, 5.74) is 0.469. The van der Waals surface area contributed by atoms with E-state index in [2.05, 4.69) is 10.3 Å². The maximum atomic E-state index is 13.1. The lowest BCUT2D eigenvalue weighted by Gasteiger charge is -2.19. The highest BCUT2D eigenvalue weighted by Gasteiger charge is 2.30. The number of nitrogens with zero attached hydrogens (tertiary/aromatic N) is 1. The summed E-state index contributed by atoms with van der Waals surface area (Å²) in [6, 6.07) is 7.94. The fourth-order valence-corrected chi connectivity index (χ4v) is 4.06. The van der Waals surface area contributed by atoms with Crippen LogP contribution in [0.4, 0.5) is 4.39 Å². The molecule has 134 valence electrons. The number of aromatic nitrogens is 1. The molecule has 0 aliphatic carbocycles. The van der Waals surface area contributed by atoms with E-state index in [0.29, 0.717) is 12.0 Å². The number of halogens is 1. The molecule has 0 spiro atoms. The van der Waals surface area contributed by atoms with Crippen molar-refractivity contribution in [3.8, 4) is 0 Å². The molecule has 0 fully saturated rings. The fraction of sp³-hybridized carbons (Fsp3) is 0.333. The average Bonchev–Trinajstić information content (AvgIpc) is 2.55. The molecule has 0 unspecified atom stereocenters. The highest BCUT2D eigenvalue weighted by atomic mass is 32.2. The number of carbonyl (C=O) groups excluding carboxylic acids is 1. The predicted molar refractivity (Wildman–Crippen MR) is 93.0 cm³/mol. The van der Waals surface area contributed by atoms with Gasteiger partial charge in [-0.2, -0.15) is 0 Å². The van der Waals surface area contributed by atoms with Crippen molar-refractivity contribution in [3.05, 3.63) is 60.2 Å². The molecular weight excluding hydrogens is 343 g/mol. The quantitative estimate of drug-likeness (QED) is 0.767. The third kappa shape index (κ3) is 5.09. The minimum Gasteiger partial charge on any atom is -0.354 e. The molecule has 7 heteroatoms. The molecule has 1 heterocycles. The van der Waals surface area contributed by atoms with Crippen molar-refractivity contribution >= 4 is 15.7 Å². The second-order valence-electron chi connectivity index (χ2n) is 6.18. The van der Waals surface area contributed by atoms with E-state index in [1.165, 1.54) is 18.3 Å². The highest BCUT2D eigenvalue weighted by molar-refractivity contribution is 7.91. The highest BCUT2D eigenvalue weighted by Crippen LogP contribution is 2.28. The maximum absolute atomic E-state index is 13.1. The van der Waals surface area contributed by atoms with Crippen LogP contribution in [0.5, 0.6) is 0 Å². The van der Waals surface area contributed by atoms with Gasteiger partial charge in [-0.25, -0.2) is 12.8 Å². The zero-order chi connectivity index (χ0) is 18.4. The summed E-state index contributed by atoms with van der Waals surface area (Å²) in [5, 5.41) is 1.68. The van der Waals surface area contributed by atoms with E-state index >= 15 is 0 Å².